The highest BCUT2D eigenvalue weighted by Crippen LogP contribution is 2.59. The van der Waals surface area contributed by atoms with Crippen LogP contribution in [0.1, 0.15) is 195 Å². The molecule has 0 aromatic rings. The van der Waals surface area contributed by atoms with Gasteiger partial charge in [-0.1, -0.05) is 134 Å². The van der Waals surface area contributed by atoms with Gasteiger partial charge in [-0.2, -0.15) is 0 Å². The molecule has 3 aliphatic rings. The number of allylic oxidation sites excluding steroid dienone is 1. The average molecular weight is 943 g/mol. The first-order valence-corrected chi connectivity index (χ1v) is 28.1. The summed E-state index contributed by atoms with van der Waals surface area (Å²) in [6, 6.07) is 0. The monoisotopic (exact) mass is 943 g/mol. The van der Waals surface area contributed by atoms with Crippen molar-refractivity contribution in [2.75, 3.05) is 74.5 Å². The van der Waals surface area contributed by atoms with E-state index in [1.165, 1.54) is 95.7 Å². The number of hydrogen-bond donors (Lipinski definition) is 0. The van der Waals surface area contributed by atoms with Crippen LogP contribution in [0, 0.1) is 5.92 Å². The summed E-state index contributed by atoms with van der Waals surface area (Å²) >= 11 is 0. The molecule has 380 valence electrons. The number of nitrogens with zero attached hydrogens (tertiary/aromatic N) is 1. The van der Waals surface area contributed by atoms with E-state index in [4.69, 9.17) is 37.5 Å². The molecule has 2 aliphatic heterocycles. The molecule has 0 aromatic heterocycles. The van der Waals surface area contributed by atoms with Gasteiger partial charge in [-0.3, -0.25) is 14.2 Å². The zero-order valence-corrected chi connectivity index (χ0v) is 43.9. The lowest BCUT2D eigenvalue weighted by Crippen LogP contribution is -2.55. The van der Waals surface area contributed by atoms with Crippen molar-refractivity contribution >= 4 is 19.5 Å². The number of carbonyl (C=O) groups is 2. The molecule has 65 heavy (non-hydrogen) atoms. The Morgan fingerprint density at radius 2 is 1.31 bits per heavy atom. The van der Waals surface area contributed by atoms with Crippen molar-refractivity contribution in [1.82, 2.24) is 0 Å². The second-order valence-corrected chi connectivity index (χ2v) is 23.1. The largest absolute Gasteiger partial charge is 0.460 e. The minimum atomic E-state index is -3.33. The minimum Gasteiger partial charge on any atom is -0.460 e. The number of ether oxygens (including phenoxy) is 6. The molecule has 0 N–H and O–H groups in total. The quantitative estimate of drug-likeness (QED) is 0.0145. The lowest BCUT2D eigenvalue weighted by atomic mass is 9.68. The van der Waals surface area contributed by atoms with Crippen LogP contribution in [-0.4, -0.2) is 127 Å². The van der Waals surface area contributed by atoms with E-state index >= 15 is 0 Å². The molecule has 1 spiro atoms. The predicted molar refractivity (Wildman–Crippen MR) is 260 cm³/mol. The van der Waals surface area contributed by atoms with Gasteiger partial charge in [-0.25, -0.2) is 0 Å². The van der Waals surface area contributed by atoms with Crippen molar-refractivity contribution in [3.8, 4) is 0 Å². The van der Waals surface area contributed by atoms with E-state index in [9.17, 15) is 14.2 Å². The molecule has 1 saturated carbocycles. The van der Waals surface area contributed by atoms with Crippen LogP contribution in [-0.2, 0) is 51.6 Å². The van der Waals surface area contributed by atoms with Gasteiger partial charge in [-0.15, -0.1) is 0 Å². The number of methoxy groups -OCH3 is 1. The summed E-state index contributed by atoms with van der Waals surface area (Å²) in [5.74, 6) is -0.475. The van der Waals surface area contributed by atoms with Gasteiger partial charge < -0.3 is 42.0 Å². The van der Waals surface area contributed by atoms with Crippen molar-refractivity contribution in [2.24, 2.45) is 5.92 Å². The summed E-state index contributed by atoms with van der Waals surface area (Å²) in [4.78, 5) is 26.0. The molecule has 0 amide bonds. The predicted octanol–water partition coefficient (Wildman–Crippen LogP) is 12.1. The maximum absolute atomic E-state index is 13.0. The van der Waals surface area contributed by atoms with E-state index < -0.39 is 13.7 Å². The minimum absolute atomic E-state index is 0.0119. The fourth-order valence-corrected chi connectivity index (χ4v) is 10.4. The number of rotatable bonds is 40. The normalized spacial score (nSPS) is 25.2. The van der Waals surface area contributed by atoms with Gasteiger partial charge in [0.25, 0.3) is 0 Å². The van der Waals surface area contributed by atoms with Gasteiger partial charge in [0, 0.05) is 33.2 Å². The third-order valence-corrected chi connectivity index (χ3v) is 14.9. The fourth-order valence-electron chi connectivity index (χ4n) is 9.43. The number of epoxide rings is 2. The van der Waals surface area contributed by atoms with E-state index in [-0.39, 0.29) is 60.6 Å². The van der Waals surface area contributed by atoms with Crippen LogP contribution in [0.4, 0.5) is 0 Å². The SMILES string of the molecule is CCCCCCCCCCCCCCCCCOC[C@H](COP(C)(=O)OCC[N+](C)(C)C)OC(=O)CCCCCCCCC(=O)OC1CC[C@]2(CO2)[C@@H]([C@@]2(C)OC2CC=C(C)C)[C@@H]1OC. The molecule has 8 atom stereocenters. The molecule has 2 saturated heterocycles. The molecule has 12 nitrogen and oxygen atoms in total. The lowest BCUT2D eigenvalue weighted by molar-refractivity contribution is -0.870. The highest BCUT2D eigenvalue weighted by atomic mass is 31.2. The molecule has 13 heteroatoms. The Morgan fingerprint density at radius 3 is 1.83 bits per heavy atom. The number of carbonyl (C=O) groups excluding carboxylic acids is 2. The van der Waals surface area contributed by atoms with Gasteiger partial charge in [0.2, 0.25) is 0 Å². The number of quaternary nitrogens is 1. The Labute approximate surface area is 396 Å². The van der Waals surface area contributed by atoms with Gasteiger partial charge in [0.05, 0.1) is 53.0 Å². The lowest BCUT2D eigenvalue weighted by Gasteiger charge is -2.42. The third kappa shape index (κ3) is 24.2. The highest BCUT2D eigenvalue weighted by Gasteiger charge is 2.72. The van der Waals surface area contributed by atoms with E-state index in [2.05, 4.69) is 33.8 Å². The highest BCUT2D eigenvalue weighted by molar-refractivity contribution is 7.52. The van der Waals surface area contributed by atoms with Crippen LogP contribution in [0.25, 0.3) is 0 Å². The average Bonchev–Trinajstić information content (AvgIpc) is 4.17. The number of esters is 2. The Morgan fingerprint density at radius 1 is 0.769 bits per heavy atom. The van der Waals surface area contributed by atoms with Crippen molar-refractivity contribution < 1.29 is 56.1 Å². The molecule has 3 unspecified atom stereocenters. The smallest absolute Gasteiger partial charge is 0.327 e. The maximum atomic E-state index is 13.0. The van der Waals surface area contributed by atoms with E-state index in [1.54, 1.807) is 7.11 Å². The summed E-state index contributed by atoms with van der Waals surface area (Å²) in [5.41, 5.74) is 0.671. The summed E-state index contributed by atoms with van der Waals surface area (Å²) in [6.07, 6.45) is 29.0. The Balaban J connectivity index is 1.28. The topological polar surface area (TPSA) is 132 Å². The molecular weight excluding hydrogens is 846 g/mol. The molecule has 2 heterocycles. The number of unbranched alkanes of at least 4 members (excludes halogenated alkanes) is 19. The molecular formula is C52H97NO11P+. The second-order valence-electron chi connectivity index (χ2n) is 21.1. The first-order chi connectivity index (χ1) is 31.0. The summed E-state index contributed by atoms with van der Waals surface area (Å²) in [7, 11) is 4.51. The summed E-state index contributed by atoms with van der Waals surface area (Å²) in [5, 5.41) is 0. The van der Waals surface area contributed by atoms with Gasteiger partial charge in [-0.05, 0) is 59.3 Å². The van der Waals surface area contributed by atoms with E-state index in [0.717, 1.165) is 64.2 Å². The Bertz CT molecular complexity index is 1390. The van der Waals surface area contributed by atoms with Crippen LogP contribution in [0.15, 0.2) is 11.6 Å². The van der Waals surface area contributed by atoms with Crippen LogP contribution < -0.4 is 0 Å². The van der Waals surface area contributed by atoms with Gasteiger partial charge in [0.1, 0.15) is 42.7 Å². The zero-order chi connectivity index (χ0) is 47.6. The molecule has 3 fully saturated rings. The molecule has 3 rings (SSSR count). The molecule has 0 bridgehead atoms. The molecule has 0 radical (unpaired) electrons. The van der Waals surface area contributed by atoms with Crippen LogP contribution >= 0.6 is 7.60 Å². The Hall–Kier alpha value is -1.37. The first kappa shape index (κ1) is 57.9. The van der Waals surface area contributed by atoms with Crippen LogP contribution in [0.3, 0.4) is 0 Å². The Kier molecular flexibility index (Phi) is 27.6. The molecule has 0 aromatic carbocycles. The fraction of sp³-hybridized carbons (Fsp3) is 0.923. The van der Waals surface area contributed by atoms with Gasteiger partial charge >= 0.3 is 19.5 Å². The number of likely N-dealkylation sites (N-methyl/N-ethyl adjacent to an activating group) is 1. The summed E-state index contributed by atoms with van der Waals surface area (Å²) in [6.45, 7) is 12.5. The maximum Gasteiger partial charge on any atom is 0.327 e. The van der Waals surface area contributed by atoms with Gasteiger partial charge in [0.15, 0.2) is 0 Å². The van der Waals surface area contributed by atoms with Crippen molar-refractivity contribution in [3.63, 3.8) is 0 Å². The third-order valence-electron chi connectivity index (χ3n) is 13.6. The molecule has 1 aliphatic carbocycles. The summed E-state index contributed by atoms with van der Waals surface area (Å²) < 4.78 is 61.3. The standard InChI is InChI=1S/C52H97NO11P/c1-10-11-12-13-14-15-16-17-18-19-20-21-24-27-30-38-58-40-44(41-61-65(9,56)60-39-37-53(5,6)7)62-47(54)31-28-25-22-23-26-29-32-48(55)63-45-35-36-52(42-59-52)50(49(45)57-8)51(4)46(64-51)34-33-43(2)3/h33,44-46,49-50H,10-32,34-42H2,1-9H3/q+1/t44-,45?,46?,49-,50-,51+,52+,65?/m1/s1. The van der Waals surface area contributed by atoms with E-state index in [0.29, 0.717) is 50.1 Å². The second kappa shape index (κ2) is 31.0. The van der Waals surface area contributed by atoms with Crippen molar-refractivity contribution in [3.05, 3.63) is 11.6 Å². The number of hydrogen-bond acceptors (Lipinski definition) is 11. The first-order valence-electron chi connectivity index (χ1n) is 26.2. The van der Waals surface area contributed by atoms with Crippen molar-refractivity contribution in [2.45, 2.75) is 230 Å². The van der Waals surface area contributed by atoms with Crippen LogP contribution in [0.2, 0.25) is 0 Å². The van der Waals surface area contributed by atoms with E-state index in [1.807, 2.05) is 21.1 Å². The zero-order valence-electron chi connectivity index (χ0n) is 43.0. The van der Waals surface area contributed by atoms with Crippen LogP contribution in [0.5, 0.6) is 0 Å². The van der Waals surface area contributed by atoms with Crippen molar-refractivity contribution in [1.29, 1.82) is 0 Å².